The van der Waals surface area contributed by atoms with E-state index in [0.29, 0.717) is 5.56 Å². The van der Waals surface area contributed by atoms with Gasteiger partial charge in [0.2, 0.25) is 0 Å². The molecule has 0 saturated carbocycles. The average Bonchev–Trinajstić information content (AvgIpc) is 3.29. The van der Waals surface area contributed by atoms with Crippen LogP contribution in [0.1, 0.15) is 34.5 Å². The van der Waals surface area contributed by atoms with Crippen molar-refractivity contribution in [3.05, 3.63) is 89.5 Å². The van der Waals surface area contributed by atoms with Crippen molar-refractivity contribution < 1.29 is 19.4 Å². The Kier molecular flexibility index (Phi) is 4.93. The molecule has 0 fully saturated rings. The second kappa shape index (κ2) is 7.81. The second-order valence-corrected chi connectivity index (χ2v) is 8.29. The Labute approximate surface area is 191 Å². The van der Waals surface area contributed by atoms with E-state index in [2.05, 4.69) is 4.57 Å². The van der Waals surface area contributed by atoms with E-state index in [1.54, 1.807) is 20.1 Å². The Morgan fingerprint density at radius 1 is 1.03 bits per heavy atom. The number of benzene rings is 3. The van der Waals surface area contributed by atoms with Gasteiger partial charge >= 0.3 is 5.97 Å². The van der Waals surface area contributed by atoms with Gasteiger partial charge in [0, 0.05) is 34.6 Å². The molecule has 5 rings (SSSR count). The van der Waals surface area contributed by atoms with Crippen molar-refractivity contribution in [2.75, 3.05) is 7.11 Å². The number of carbonyl (C=O) groups excluding carboxylic acids is 1. The number of carboxylic acid groups (broad SMARTS) is 1. The van der Waals surface area contributed by atoms with Gasteiger partial charge in [0.25, 0.3) is 5.91 Å². The average molecular weight is 440 g/mol. The van der Waals surface area contributed by atoms with Gasteiger partial charge in [-0.05, 0) is 36.8 Å². The number of para-hydroxylation sites is 1. The first-order valence-electron chi connectivity index (χ1n) is 10.8. The molecule has 0 spiro atoms. The van der Waals surface area contributed by atoms with Gasteiger partial charge in [-0.3, -0.25) is 4.79 Å². The summed E-state index contributed by atoms with van der Waals surface area (Å²) in [5.41, 5.74) is 5.13. The molecule has 166 valence electrons. The number of hydrogen-bond donors (Lipinski definition) is 1. The van der Waals surface area contributed by atoms with Crippen molar-refractivity contribution >= 4 is 22.8 Å². The van der Waals surface area contributed by atoms with E-state index in [1.807, 2.05) is 73.8 Å². The Morgan fingerprint density at radius 3 is 2.52 bits per heavy atom. The summed E-state index contributed by atoms with van der Waals surface area (Å²) in [6.45, 7) is 1.56. The Balaban J connectivity index is 1.87. The number of methoxy groups -OCH3 is 1. The monoisotopic (exact) mass is 440 g/mol. The number of carbonyl (C=O) groups is 2. The topological polar surface area (TPSA) is 71.8 Å². The summed E-state index contributed by atoms with van der Waals surface area (Å²) < 4.78 is 7.57. The third-order valence-electron chi connectivity index (χ3n) is 6.54. The van der Waals surface area contributed by atoms with Gasteiger partial charge in [-0.25, -0.2) is 4.79 Å². The minimum absolute atomic E-state index is 0.268. The maximum atomic E-state index is 13.5. The number of aryl methyl sites for hydroxylation is 1. The largest absolute Gasteiger partial charge is 0.497 e. The van der Waals surface area contributed by atoms with E-state index in [1.165, 1.54) is 4.90 Å². The van der Waals surface area contributed by atoms with E-state index in [4.69, 9.17) is 4.74 Å². The fraction of sp³-hybridized carbons (Fsp3) is 0.185. The molecular formula is C27H24N2O4. The molecule has 2 heterocycles. The molecule has 1 aromatic heterocycles. The first-order chi connectivity index (χ1) is 15.9. The van der Waals surface area contributed by atoms with E-state index < -0.39 is 18.1 Å². The Bertz CT molecular complexity index is 1400. The van der Waals surface area contributed by atoms with Crippen molar-refractivity contribution in [1.82, 2.24) is 9.47 Å². The number of rotatable bonds is 5. The van der Waals surface area contributed by atoms with Crippen LogP contribution < -0.4 is 4.74 Å². The number of aliphatic carboxylic acids is 1. The van der Waals surface area contributed by atoms with Crippen LogP contribution in [0.15, 0.2) is 72.8 Å². The van der Waals surface area contributed by atoms with Crippen molar-refractivity contribution in [3.8, 4) is 17.0 Å². The van der Waals surface area contributed by atoms with Crippen LogP contribution in [0.25, 0.3) is 22.2 Å². The minimum Gasteiger partial charge on any atom is -0.497 e. The highest BCUT2D eigenvalue weighted by Crippen LogP contribution is 2.47. The molecule has 2 atom stereocenters. The summed E-state index contributed by atoms with van der Waals surface area (Å²) in [6, 6.07) is 21.7. The molecule has 1 aliphatic rings. The molecule has 6 heteroatoms. The van der Waals surface area contributed by atoms with E-state index in [0.717, 1.165) is 39.0 Å². The summed E-state index contributed by atoms with van der Waals surface area (Å²) >= 11 is 0. The SMILES string of the molecule is COc1cccc(-c2c([C@@H]3c4ccccc4C(=O)N3[C@@H](C)C(=O)O)c3ccccc3n2C)c1. The molecule has 4 aromatic rings. The molecule has 0 bridgehead atoms. The Hall–Kier alpha value is -4.06. The summed E-state index contributed by atoms with van der Waals surface area (Å²) in [5.74, 6) is -0.582. The lowest BCUT2D eigenvalue weighted by molar-refractivity contribution is -0.142. The van der Waals surface area contributed by atoms with E-state index >= 15 is 0 Å². The molecular weight excluding hydrogens is 416 g/mol. The number of fused-ring (bicyclic) bond motifs is 2. The van der Waals surface area contributed by atoms with E-state index in [-0.39, 0.29) is 5.91 Å². The maximum Gasteiger partial charge on any atom is 0.326 e. The molecule has 1 N–H and O–H groups in total. The smallest absolute Gasteiger partial charge is 0.326 e. The first kappa shape index (κ1) is 20.8. The number of carboxylic acids is 1. The van der Waals surface area contributed by atoms with Gasteiger partial charge in [0.1, 0.15) is 11.8 Å². The number of ether oxygens (including phenoxy) is 1. The van der Waals surface area contributed by atoms with Crippen molar-refractivity contribution in [2.24, 2.45) is 7.05 Å². The van der Waals surface area contributed by atoms with Crippen LogP contribution >= 0.6 is 0 Å². The summed E-state index contributed by atoms with van der Waals surface area (Å²) in [6.07, 6.45) is 0. The van der Waals surface area contributed by atoms with Gasteiger partial charge in [-0.1, -0.05) is 48.5 Å². The number of aromatic nitrogens is 1. The zero-order chi connectivity index (χ0) is 23.3. The third kappa shape index (κ3) is 3.09. The van der Waals surface area contributed by atoms with Crippen LogP contribution in [-0.4, -0.2) is 39.6 Å². The summed E-state index contributed by atoms with van der Waals surface area (Å²) in [4.78, 5) is 27.0. The lowest BCUT2D eigenvalue weighted by Crippen LogP contribution is -2.41. The summed E-state index contributed by atoms with van der Waals surface area (Å²) in [5, 5.41) is 10.8. The maximum absolute atomic E-state index is 13.5. The quantitative estimate of drug-likeness (QED) is 0.481. The molecule has 1 aliphatic heterocycles. The van der Waals surface area contributed by atoms with Crippen LogP contribution in [0.5, 0.6) is 5.75 Å². The normalized spacial score (nSPS) is 16.2. The van der Waals surface area contributed by atoms with Crippen molar-refractivity contribution in [1.29, 1.82) is 0 Å². The molecule has 0 radical (unpaired) electrons. The molecule has 3 aromatic carbocycles. The predicted octanol–water partition coefficient (Wildman–Crippen LogP) is 4.87. The highest BCUT2D eigenvalue weighted by molar-refractivity contribution is 6.04. The third-order valence-corrected chi connectivity index (χ3v) is 6.54. The van der Waals surface area contributed by atoms with Gasteiger partial charge in [-0.2, -0.15) is 0 Å². The van der Waals surface area contributed by atoms with Crippen LogP contribution in [0, 0.1) is 0 Å². The van der Waals surface area contributed by atoms with Gasteiger partial charge in [0.05, 0.1) is 18.8 Å². The number of amides is 1. The zero-order valence-corrected chi connectivity index (χ0v) is 18.6. The van der Waals surface area contributed by atoms with Crippen LogP contribution in [0.3, 0.4) is 0 Å². The highest BCUT2D eigenvalue weighted by atomic mass is 16.5. The fourth-order valence-electron chi connectivity index (χ4n) is 4.97. The molecule has 33 heavy (non-hydrogen) atoms. The fourth-order valence-corrected chi connectivity index (χ4v) is 4.97. The zero-order valence-electron chi connectivity index (χ0n) is 18.6. The molecule has 0 unspecified atom stereocenters. The predicted molar refractivity (Wildman–Crippen MR) is 126 cm³/mol. The number of nitrogens with zero attached hydrogens (tertiary/aromatic N) is 2. The highest BCUT2D eigenvalue weighted by Gasteiger charge is 2.44. The van der Waals surface area contributed by atoms with Crippen molar-refractivity contribution in [3.63, 3.8) is 0 Å². The lowest BCUT2D eigenvalue weighted by Gasteiger charge is -2.30. The lowest BCUT2D eigenvalue weighted by atomic mass is 9.92. The molecule has 0 aliphatic carbocycles. The molecule has 0 saturated heterocycles. The minimum atomic E-state index is -1.04. The van der Waals surface area contributed by atoms with Gasteiger partial charge in [0.15, 0.2) is 0 Å². The van der Waals surface area contributed by atoms with Gasteiger partial charge in [-0.15, -0.1) is 0 Å². The number of hydrogen-bond acceptors (Lipinski definition) is 3. The van der Waals surface area contributed by atoms with Crippen LogP contribution in [-0.2, 0) is 11.8 Å². The van der Waals surface area contributed by atoms with Crippen molar-refractivity contribution in [2.45, 2.75) is 19.0 Å². The first-order valence-corrected chi connectivity index (χ1v) is 10.8. The van der Waals surface area contributed by atoms with Crippen LogP contribution in [0.4, 0.5) is 0 Å². The standard InChI is InChI=1S/C27H24N2O4/c1-16(27(31)32)29-25(19-11-4-5-12-20(19)26(29)30)23-21-13-6-7-14-22(21)28(2)24(23)17-9-8-10-18(15-17)33-3/h4-16,25H,1-3H3,(H,31,32)/t16-,25-/m0/s1. The van der Waals surface area contributed by atoms with Crippen LogP contribution in [0.2, 0.25) is 0 Å². The Morgan fingerprint density at radius 2 is 1.76 bits per heavy atom. The molecule has 1 amide bonds. The second-order valence-electron chi connectivity index (χ2n) is 8.29. The van der Waals surface area contributed by atoms with E-state index in [9.17, 15) is 14.7 Å². The molecule has 6 nitrogen and oxygen atoms in total. The summed E-state index contributed by atoms with van der Waals surface area (Å²) in [7, 11) is 3.62. The van der Waals surface area contributed by atoms with Gasteiger partial charge < -0.3 is 19.3 Å².